The van der Waals surface area contributed by atoms with E-state index >= 15 is 0 Å². The zero-order valence-corrected chi connectivity index (χ0v) is 12.6. The van der Waals surface area contributed by atoms with Crippen molar-refractivity contribution < 1.29 is 4.79 Å². The largest absolute Gasteiger partial charge is 0.399 e. The number of nitrogens with two attached hydrogens (primary N) is 1. The van der Waals surface area contributed by atoms with Gasteiger partial charge in [-0.3, -0.25) is 4.79 Å². The van der Waals surface area contributed by atoms with Crippen LogP contribution in [0.15, 0.2) is 30.6 Å². The van der Waals surface area contributed by atoms with Crippen molar-refractivity contribution in [1.82, 2.24) is 20.1 Å². The van der Waals surface area contributed by atoms with E-state index in [1.807, 2.05) is 19.1 Å². The zero-order chi connectivity index (χ0) is 15.4. The van der Waals surface area contributed by atoms with Crippen LogP contribution >= 0.6 is 0 Å². The fourth-order valence-electron chi connectivity index (χ4n) is 1.79. The Morgan fingerprint density at radius 1 is 1.38 bits per heavy atom. The maximum Gasteiger partial charge on any atom is 0.242 e. The predicted molar refractivity (Wildman–Crippen MR) is 82.3 cm³/mol. The van der Waals surface area contributed by atoms with Crippen LogP contribution < -0.4 is 11.1 Å². The van der Waals surface area contributed by atoms with Crippen molar-refractivity contribution in [2.24, 2.45) is 5.92 Å². The molecular weight excluding hydrogens is 266 g/mol. The second kappa shape index (κ2) is 6.39. The summed E-state index contributed by atoms with van der Waals surface area (Å²) >= 11 is 0. The van der Waals surface area contributed by atoms with Crippen LogP contribution in [0.3, 0.4) is 0 Å². The van der Waals surface area contributed by atoms with E-state index in [1.165, 1.54) is 4.68 Å². The van der Waals surface area contributed by atoms with E-state index in [1.54, 1.807) is 18.5 Å². The Hall–Kier alpha value is -2.37. The summed E-state index contributed by atoms with van der Waals surface area (Å²) in [5.41, 5.74) is 7.24. The van der Waals surface area contributed by atoms with Gasteiger partial charge in [-0.2, -0.15) is 5.10 Å². The Labute approximate surface area is 124 Å². The van der Waals surface area contributed by atoms with Gasteiger partial charge in [-0.1, -0.05) is 26.0 Å². The molecule has 0 saturated heterocycles. The second-order valence-corrected chi connectivity index (χ2v) is 5.49. The summed E-state index contributed by atoms with van der Waals surface area (Å²) in [4.78, 5) is 16.1. The number of carbonyl (C=O) groups is 1. The molecule has 1 heterocycles. The second-order valence-electron chi connectivity index (χ2n) is 5.49. The number of nitrogens with zero attached hydrogens (tertiary/aromatic N) is 3. The van der Waals surface area contributed by atoms with Gasteiger partial charge in [0.15, 0.2) is 5.82 Å². The number of hydrogen-bond acceptors (Lipinski definition) is 4. The summed E-state index contributed by atoms with van der Waals surface area (Å²) in [6.07, 6.45) is 1.55. The number of hydrogen-bond donors (Lipinski definition) is 2. The molecule has 0 spiro atoms. The lowest BCUT2D eigenvalue weighted by atomic mass is 10.1. The van der Waals surface area contributed by atoms with Crippen molar-refractivity contribution in [1.29, 1.82) is 0 Å². The molecule has 6 heteroatoms. The Bertz CT molecular complexity index is 620. The molecule has 1 atom stereocenters. The van der Waals surface area contributed by atoms with Gasteiger partial charge in [0, 0.05) is 17.3 Å². The van der Waals surface area contributed by atoms with Crippen LogP contribution in [0, 0.1) is 5.92 Å². The van der Waals surface area contributed by atoms with Crippen molar-refractivity contribution in [3.63, 3.8) is 0 Å². The topological polar surface area (TPSA) is 85.8 Å². The first-order valence-corrected chi connectivity index (χ1v) is 7.00. The molecule has 0 aliphatic heterocycles. The standard InChI is InChI=1S/C15H21N5O/c1-10(2)11(3)18-14(21)8-20-9-17-15(19-20)12-5-4-6-13(16)7-12/h4-7,9-11H,8,16H2,1-3H3,(H,18,21). The first-order valence-electron chi connectivity index (χ1n) is 7.00. The fourth-order valence-corrected chi connectivity index (χ4v) is 1.79. The van der Waals surface area contributed by atoms with E-state index in [0.29, 0.717) is 17.4 Å². The third-order valence-electron chi connectivity index (χ3n) is 3.38. The summed E-state index contributed by atoms with van der Waals surface area (Å²) in [6, 6.07) is 7.48. The highest BCUT2D eigenvalue weighted by atomic mass is 16.2. The van der Waals surface area contributed by atoms with Crippen LogP contribution in [-0.4, -0.2) is 26.7 Å². The highest BCUT2D eigenvalue weighted by Gasteiger charge is 2.12. The number of amides is 1. The maximum absolute atomic E-state index is 11.9. The van der Waals surface area contributed by atoms with Crippen LogP contribution in [-0.2, 0) is 11.3 Å². The summed E-state index contributed by atoms with van der Waals surface area (Å²) in [5.74, 6) is 0.889. The van der Waals surface area contributed by atoms with Crippen molar-refractivity contribution >= 4 is 11.6 Å². The Balaban J connectivity index is 2.02. The van der Waals surface area contributed by atoms with Gasteiger partial charge in [-0.25, -0.2) is 9.67 Å². The molecule has 21 heavy (non-hydrogen) atoms. The molecule has 0 saturated carbocycles. The Morgan fingerprint density at radius 2 is 2.14 bits per heavy atom. The fraction of sp³-hybridized carbons (Fsp3) is 0.400. The van der Waals surface area contributed by atoms with E-state index < -0.39 is 0 Å². The molecule has 1 unspecified atom stereocenters. The summed E-state index contributed by atoms with van der Waals surface area (Å²) in [7, 11) is 0. The van der Waals surface area contributed by atoms with Crippen molar-refractivity contribution in [3.8, 4) is 11.4 Å². The molecule has 1 amide bonds. The smallest absolute Gasteiger partial charge is 0.242 e. The SMILES string of the molecule is CC(C)C(C)NC(=O)Cn1cnc(-c2cccc(N)c2)n1. The molecular formula is C15H21N5O. The molecule has 0 bridgehead atoms. The van der Waals surface area contributed by atoms with Crippen LogP contribution in [0.4, 0.5) is 5.69 Å². The van der Waals surface area contributed by atoms with Gasteiger partial charge in [-0.05, 0) is 25.0 Å². The van der Waals surface area contributed by atoms with E-state index in [4.69, 9.17) is 5.73 Å². The highest BCUT2D eigenvalue weighted by Crippen LogP contribution is 2.16. The Morgan fingerprint density at radius 3 is 2.81 bits per heavy atom. The molecule has 6 nitrogen and oxygen atoms in total. The number of nitrogens with one attached hydrogen (secondary N) is 1. The van der Waals surface area contributed by atoms with E-state index in [9.17, 15) is 4.79 Å². The van der Waals surface area contributed by atoms with Gasteiger partial charge < -0.3 is 11.1 Å². The molecule has 0 aliphatic rings. The molecule has 2 aromatic rings. The lowest BCUT2D eigenvalue weighted by Gasteiger charge is -2.17. The zero-order valence-electron chi connectivity index (χ0n) is 12.6. The average molecular weight is 287 g/mol. The molecule has 1 aromatic carbocycles. The van der Waals surface area contributed by atoms with Crippen molar-refractivity contribution in [2.45, 2.75) is 33.4 Å². The number of benzene rings is 1. The molecule has 2 rings (SSSR count). The van der Waals surface area contributed by atoms with Gasteiger partial charge in [-0.15, -0.1) is 0 Å². The van der Waals surface area contributed by atoms with Crippen molar-refractivity contribution in [3.05, 3.63) is 30.6 Å². The average Bonchev–Trinajstić information content (AvgIpc) is 2.86. The van der Waals surface area contributed by atoms with Gasteiger partial charge in [0.1, 0.15) is 12.9 Å². The minimum Gasteiger partial charge on any atom is -0.399 e. The third kappa shape index (κ3) is 4.05. The molecule has 1 aromatic heterocycles. The van der Waals surface area contributed by atoms with Crippen LogP contribution in [0.25, 0.3) is 11.4 Å². The normalized spacial score (nSPS) is 12.4. The first kappa shape index (κ1) is 15.0. The van der Waals surface area contributed by atoms with Gasteiger partial charge in [0.2, 0.25) is 5.91 Å². The maximum atomic E-state index is 11.9. The number of aromatic nitrogens is 3. The monoisotopic (exact) mass is 287 g/mol. The van der Waals surface area contributed by atoms with E-state index in [0.717, 1.165) is 5.56 Å². The van der Waals surface area contributed by atoms with E-state index in [2.05, 4.69) is 29.2 Å². The summed E-state index contributed by atoms with van der Waals surface area (Å²) < 4.78 is 1.53. The highest BCUT2D eigenvalue weighted by molar-refractivity contribution is 5.76. The number of rotatable bonds is 5. The first-order chi connectivity index (χ1) is 9.95. The Kier molecular flexibility index (Phi) is 4.57. The van der Waals surface area contributed by atoms with Gasteiger partial charge in [0.05, 0.1) is 0 Å². The third-order valence-corrected chi connectivity index (χ3v) is 3.38. The van der Waals surface area contributed by atoms with Crippen molar-refractivity contribution in [2.75, 3.05) is 5.73 Å². The van der Waals surface area contributed by atoms with Crippen LogP contribution in [0.5, 0.6) is 0 Å². The predicted octanol–water partition coefficient (Wildman–Crippen LogP) is 1.69. The molecule has 0 aliphatic carbocycles. The van der Waals surface area contributed by atoms with Crippen LogP contribution in [0.1, 0.15) is 20.8 Å². The van der Waals surface area contributed by atoms with Gasteiger partial charge >= 0.3 is 0 Å². The lowest BCUT2D eigenvalue weighted by molar-refractivity contribution is -0.122. The lowest BCUT2D eigenvalue weighted by Crippen LogP contribution is -2.38. The van der Waals surface area contributed by atoms with E-state index in [-0.39, 0.29) is 18.5 Å². The number of carbonyl (C=O) groups excluding carboxylic acids is 1. The minimum absolute atomic E-state index is 0.0692. The minimum atomic E-state index is -0.0692. The molecule has 0 radical (unpaired) electrons. The summed E-state index contributed by atoms with van der Waals surface area (Å²) in [5, 5.41) is 7.24. The molecule has 112 valence electrons. The van der Waals surface area contributed by atoms with Crippen LogP contribution in [0.2, 0.25) is 0 Å². The molecule has 3 N–H and O–H groups in total. The van der Waals surface area contributed by atoms with Gasteiger partial charge in [0.25, 0.3) is 0 Å². The summed E-state index contributed by atoms with van der Waals surface area (Å²) in [6.45, 7) is 6.28. The number of nitrogen functional groups attached to an aromatic ring is 1. The molecule has 0 fully saturated rings. The number of anilines is 1. The quantitative estimate of drug-likeness (QED) is 0.819.